The van der Waals surface area contributed by atoms with Gasteiger partial charge in [-0.15, -0.1) is 24.8 Å². The first-order valence-electron chi connectivity index (χ1n) is 7.97. The van der Waals surface area contributed by atoms with Gasteiger partial charge < -0.3 is 15.6 Å². The van der Waals surface area contributed by atoms with Crippen LogP contribution in [0.4, 0.5) is 0 Å². The van der Waals surface area contributed by atoms with Crippen molar-refractivity contribution in [2.24, 2.45) is 11.7 Å². The number of carbonyl (C=O) groups is 1. The van der Waals surface area contributed by atoms with Crippen LogP contribution in [0.2, 0.25) is 0 Å². The van der Waals surface area contributed by atoms with Gasteiger partial charge in [-0.1, -0.05) is 12.1 Å². The van der Waals surface area contributed by atoms with E-state index >= 15 is 0 Å². The normalized spacial score (nSPS) is 15.0. The molecule has 1 unspecified atom stereocenters. The number of amides is 1. The third-order valence-corrected chi connectivity index (χ3v) is 4.97. The maximum atomic E-state index is 12.3. The topological polar surface area (TPSA) is 107 Å². The van der Waals surface area contributed by atoms with Gasteiger partial charge in [0.05, 0.1) is 11.0 Å². The Morgan fingerprint density at radius 2 is 2.00 bits per heavy atom. The largest absolute Gasteiger partial charge is 0.353 e. The Morgan fingerprint density at radius 1 is 1.35 bits per heavy atom. The number of rotatable bonds is 7. The van der Waals surface area contributed by atoms with E-state index in [1.54, 1.807) is 10.6 Å². The molecule has 1 aliphatic carbocycles. The molecule has 146 valence electrons. The molecule has 1 atom stereocenters. The predicted octanol–water partition coefficient (Wildman–Crippen LogP) is 1.28. The molecule has 0 spiro atoms. The minimum absolute atomic E-state index is 0. The Balaban J connectivity index is 0.00000169. The summed E-state index contributed by atoms with van der Waals surface area (Å²) in [7, 11) is -3.25. The lowest BCUT2D eigenvalue weighted by molar-refractivity contribution is -0.121. The van der Waals surface area contributed by atoms with E-state index in [1.165, 1.54) is 0 Å². The van der Waals surface area contributed by atoms with Crippen LogP contribution in [0.1, 0.15) is 18.7 Å². The van der Waals surface area contributed by atoms with E-state index in [-0.39, 0.29) is 49.1 Å². The van der Waals surface area contributed by atoms with Gasteiger partial charge in [-0.2, -0.15) is 0 Å². The number of para-hydroxylation sites is 2. The summed E-state index contributed by atoms with van der Waals surface area (Å²) in [6, 6.07) is 7.30. The van der Waals surface area contributed by atoms with E-state index in [9.17, 15) is 13.2 Å². The highest BCUT2D eigenvalue weighted by atomic mass is 35.5. The summed E-state index contributed by atoms with van der Waals surface area (Å²) in [4.78, 5) is 16.6. The zero-order chi connectivity index (χ0) is 17.3. The minimum atomic E-state index is -3.25. The number of nitrogens with one attached hydrogen (secondary N) is 1. The van der Waals surface area contributed by atoms with E-state index in [4.69, 9.17) is 5.73 Å². The highest BCUT2D eigenvalue weighted by Gasteiger charge is 2.28. The quantitative estimate of drug-likeness (QED) is 0.698. The number of benzene rings is 1. The highest BCUT2D eigenvalue weighted by Crippen LogP contribution is 2.31. The number of sulfone groups is 1. The number of imidazole rings is 1. The number of halogens is 2. The molecule has 0 bridgehead atoms. The SMILES string of the molecule is CS(=O)(=O)Cc1nc2ccccc2n1CC(=O)NCC(N)C1CC1.Cl.Cl. The summed E-state index contributed by atoms with van der Waals surface area (Å²) in [5.74, 6) is 0.501. The molecule has 1 amide bonds. The van der Waals surface area contributed by atoms with Gasteiger partial charge in [0.25, 0.3) is 0 Å². The molecular formula is C16H24Cl2N4O3S. The van der Waals surface area contributed by atoms with E-state index in [1.807, 2.05) is 18.2 Å². The molecule has 1 saturated carbocycles. The Hall–Kier alpha value is -1.35. The van der Waals surface area contributed by atoms with Gasteiger partial charge in [-0.3, -0.25) is 4.79 Å². The van der Waals surface area contributed by atoms with Crippen molar-refractivity contribution in [2.75, 3.05) is 12.8 Å². The van der Waals surface area contributed by atoms with Crippen molar-refractivity contribution >= 4 is 51.6 Å². The van der Waals surface area contributed by atoms with E-state index in [0.717, 1.165) is 24.6 Å². The molecule has 0 aliphatic heterocycles. The molecular weight excluding hydrogens is 399 g/mol. The monoisotopic (exact) mass is 422 g/mol. The maximum absolute atomic E-state index is 12.3. The number of nitrogens with two attached hydrogens (primary N) is 1. The lowest BCUT2D eigenvalue weighted by atomic mass is 10.2. The lowest BCUT2D eigenvalue weighted by Gasteiger charge is -2.13. The van der Waals surface area contributed by atoms with Crippen LogP contribution in [0.15, 0.2) is 24.3 Å². The van der Waals surface area contributed by atoms with Crippen molar-refractivity contribution in [1.29, 1.82) is 0 Å². The fourth-order valence-electron chi connectivity index (χ4n) is 2.77. The van der Waals surface area contributed by atoms with Crippen molar-refractivity contribution in [3.8, 4) is 0 Å². The van der Waals surface area contributed by atoms with E-state index in [0.29, 0.717) is 23.8 Å². The summed E-state index contributed by atoms with van der Waals surface area (Å²) in [6.07, 6.45) is 3.41. The molecule has 3 N–H and O–H groups in total. The van der Waals surface area contributed by atoms with Crippen molar-refractivity contribution in [1.82, 2.24) is 14.9 Å². The maximum Gasteiger partial charge on any atom is 0.240 e. The van der Waals surface area contributed by atoms with E-state index < -0.39 is 9.84 Å². The second-order valence-electron chi connectivity index (χ2n) is 6.48. The van der Waals surface area contributed by atoms with Crippen LogP contribution in [0, 0.1) is 5.92 Å². The third kappa shape index (κ3) is 5.84. The number of nitrogens with zero attached hydrogens (tertiary/aromatic N) is 2. The summed E-state index contributed by atoms with van der Waals surface area (Å²) >= 11 is 0. The average molecular weight is 423 g/mol. The van der Waals surface area contributed by atoms with Gasteiger partial charge in [0, 0.05) is 18.8 Å². The number of hydrogen-bond acceptors (Lipinski definition) is 5. The lowest BCUT2D eigenvalue weighted by Crippen LogP contribution is -2.40. The zero-order valence-corrected chi connectivity index (χ0v) is 16.9. The zero-order valence-electron chi connectivity index (χ0n) is 14.4. The third-order valence-electron chi connectivity index (χ3n) is 4.19. The molecule has 1 aromatic carbocycles. The molecule has 1 aromatic heterocycles. The molecule has 2 aromatic rings. The molecule has 1 heterocycles. The van der Waals surface area contributed by atoms with Gasteiger partial charge in [-0.05, 0) is 30.9 Å². The Bertz CT molecular complexity index is 866. The minimum Gasteiger partial charge on any atom is -0.353 e. The molecule has 0 saturated heterocycles. The number of hydrogen-bond donors (Lipinski definition) is 2. The second-order valence-corrected chi connectivity index (χ2v) is 8.62. The summed E-state index contributed by atoms with van der Waals surface area (Å²) in [5, 5.41) is 2.83. The van der Waals surface area contributed by atoms with Crippen LogP contribution in [0.3, 0.4) is 0 Å². The summed E-state index contributed by atoms with van der Waals surface area (Å²) in [5.41, 5.74) is 7.42. The number of fused-ring (bicyclic) bond motifs is 1. The van der Waals surface area contributed by atoms with Gasteiger partial charge in [0.2, 0.25) is 5.91 Å². The van der Waals surface area contributed by atoms with Crippen LogP contribution in [-0.4, -0.2) is 42.7 Å². The number of carbonyl (C=O) groups excluding carboxylic acids is 1. The van der Waals surface area contributed by atoms with Crippen LogP contribution in [-0.2, 0) is 26.9 Å². The van der Waals surface area contributed by atoms with Crippen molar-refractivity contribution in [2.45, 2.75) is 31.2 Å². The van der Waals surface area contributed by atoms with Crippen LogP contribution >= 0.6 is 24.8 Å². The first kappa shape index (κ1) is 22.7. The number of aromatic nitrogens is 2. The summed E-state index contributed by atoms with van der Waals surface area (Å²) < 4.78 is 24.9. The predicted molar refractivity (Wildman–Crippen MR) is 106 cm³/mol. The Labute approximate surface area is 165 Å². The van der Waals surface area contributed by atoms with Gasteiger partial charge in [0.15, 0.2) is 9.84 Å². The van der Waals surface area contributed by atoms with Gasteiger partial charge in [-0.25, -0.2) is 13.4 Å². The van der Waals surface area contributed by atoms with Gasteiger partial charge in [0.1, 0.15) is 18.1 Å². The molecule has 1 fully saturated rings. The summed E-state index contributed by atoms with van der Waals surface area (Å²) in [6.45, 7) is 0.473. The molecule has 10 heteroatoms. The molecule has 3 rings (SSSR count). The van der Waals surface area contributed by atoms with Crippen LogP contribution in [0.5, 0.6) is 0 Å². The van der Waals surface area contributed by atoms with Crippen molar-refractivity contribution in [3.05, 3.63) is 30.1 Å². The van der Waals surface area contributed by atoms with Crippen LogP contribution in [0.25, 0.3) is 11.0 Å². The molecule has 7 nitrogen and oxygen atoms in total. The van der Waals surface area contributed by atoms with E-state index in [2.05, 4.69) is 10.3 Å². The second kappa shape index (κ2) is 9.03. The highest BCUT2D eigenvalue weighted by molar-refractivity contribution is 7.89. The average Bonchev–Trinajstić information content (AvgIpc) is 3.29. The Kier molecular flexibility index (Phi) is 7.88. The first-order valence-corrected chi connectivity index (χ1v) is 10.0. The van der Waals surface area contributed by atoms with Crippen LogP contribution < -0.4 is 11.1 Å². The van der Waals surface area contributed by atoms with Gasteiger partial charge >= 0.3 is 0 Å². The fraction of sp³-hybridized carbons (Fsp3) is 0.500. The smallest absolute Gasteiger partial charge is 0.240 e. The fourth-order valence-corrected chi connectivity index (χ4v) is 3.46. The van der Waals surface area contributed by atoms with Crippen molar-refractivity contribution < 1.29 is 13.2 Å². The molecule has 26 heavy (non-hydrogen) atoms. The Morgan fingerprint density at radius 3 is 2.62 bits per heavy atom. The first-order chi connectivity index (χ1) is 11.3. The van der Waals surface area contributed by atoms with Crippen molar-refractivity contribution in [3.63, 3.8) is 0 Å². The standard InChI is InChI=1S/C16H22N4O3S.2ClH/c1-24(22,23)10-15-19-13-4-2-3-5-14(13)20(15)9-16(21)18-8-12(17)11-6-7-11;;/h2-5,11-12H,6-10,17H2,1H3,(H,18,21);2*1H. The molecule has 0 radical (unpaired) electrons. The molecule has 1 aliphatic rings.